The lowest BCUT2D eigenvalue weighted by Gasteiger charge is -2.10. The predicted molar refractivity (Wildman–Crippen MR) is 60.8 cm³/mol. The predicted octanol–water partition coefficient (Wildman–Crippen LogP) is 0.987. The molecule has 0 bridgehead atoms. The molecule has 0 aliphatic carbocycles. The van der Waals surface area contributed by atoms with Crippen LogP contribution in [0.2, 0.25) is 0 Å². The first-order chi connectivity index (χ1) is 7.61. The van der Waals surface area contributed by atoms with Crippen molar-refractivity contribution in [1.82, 2.24) is 15.8 Å². The van der Waals surface area contributed by atoms with E-state index >= 15 is 0 Å². The van der Waals surface area contributed by atoms with E-state index in [1.165, 1.54) is 0 Å². The van der Waals surface area contributed by atoms with Crippen LogP contribution in [-0.4, -0.2) is 23.7 Å². The molecule has 0 spiro atoms. The van der Waals surface area contributed by atoms with Crippen LogP contribution in [0.5, 0.6) is 0 Å². The van der Waals surface area contributed by atoms with Gasteiger partial charge in [-0.05, 0) is 20.3 Å². The number of aryl methyl sites for hydroxylation is 1. The Balaban J connectivity index is 2.20. The number of carbonyl (C=O) groups excluding carboxylic acids is 1. The Kier molecular flexibility index (Phi) is 4.98. The molecule has 0 aromatic carbocycles. The minimum Gasteiger partial charge on any atom is -0.359 e. The summed E-state index contributed by atoms with van der Waals surface area (Å²) in [4.78, 5) is 11.4. The third kappa shape index (κ3) is 4.44. The van der Waals surface area contributed by atoms with Gasteiger partial charge in [-0.25, -0.2) is 0 Å². The molecule has 1 atom stereocenters. The maximum absolute atomic E-state index is 11.4. The van der Waals surface area contributed by atoms with Gasteiger partial charge in [-0.15, -0.1) is 0 Å². The highest BCUT2D eigenvalue weighted by atomic mass is 16.5. The van der Waals surface area contributed by atoms with Gasteiger partial charge in [0.2, 0.25) is 5.91 Å². The molecule has 0 saturated carbocycles. The summed E-state index contributed by atoms with van der Waals surface area (Å²) in [6.07, 6.45) is 1.01. The van der Waals surface area contributed by atoms with Gasteiger partial charge < -0.3 is 15.2 Å². The third-order valence-electron chi connectivity index (χ3n) is 2.36. The topological polar surface area (TPSA) is 67.2 Å². The van der Waals surface area contributed by atoms with E-state index in [2.05, 4.69) is 22.7 Å². The van der Waals surface area contributed by atoms with Gasteiger partial charge in [0.25, 0.3) is 0 Å². The first-order valence-corrected chi connectivity index (χ1v) is 5.54. The van der Waals surface area contributed by atoms with E-state index in [-0.39, 0.29) is 5.91 Å². The number of nitrogens with zero attached hydrogens (tertiary/aromatic N) is 1. The quantitative estimate of drug-likeness (QED) is 0.757. The fourth-order valence-electron chi connectivity index (χ4n) is 1.16. The fraction of sp³-hybridized carbons (Fsp3) is 0.636. The summed E-state index contributed by atoms with van der Waals surface area (Å²) in [5, 5.41) is 9.61. The molecule has 1 rings (SSSR count). The summed E-state index contributed by atoms with van der Waals surface area (Å²) in [6, 6.07) is 2.17. The standard InChI is InChI=1S/C11H19N3O2/c1-4-8(2)12-7-11(15)13-6-10-5-9(3)14-16-10/h5,8,12H,4,6-7H2,1-3H3,(H,13,15). The van der Waals surface area contributed by atoms with Crippen molar-refractivity contribution >= 4 is 5.91 Å². The van der Waals surface area contributed by atoms with Crippen LogP contribution in [0.3, 0.4) is 0 Å². The van der Waals surface area contributed by atoms with E-state index in [0.29, 0.717) is 24.9 Å². The molecule has 0 fully saturated rings. The van der Waals surface area contributed by atoms with Gasteiger partial charge in [-0.3, -0.25) is 4.79 Å². The van der Waals surface area contributed by atoms with Gasteiger partial charge in [0.05, 0.1) is 18.8 Å². The lowest BCUT2D eigenvalue weighted by atomic mass is 10.2. The van der Waals surface area contributed by atoms with Crippen molar-refractivity contribution in [1.29, 1.82) is 0 Å². The maximum atomic E-state index is 11.4. The monoisotopic (exact) mass is 225 g/mol. The number of amides is 1. The number of hydrogen-bond acceptors (Lipinski definition) is 4. The van der Waals surface area contributed by atoms with E-state index in [0.717, 1.165) is 12.1 Å². The van der Waals surface area contributed by atoms with Crippen molar-refractivity contribution in [3.05, 3.63) is 17.5 Å². The van der Waals surface area contributed by atoms with Crippen LogP contribution in [0, 0.1) is 6.92 Å². The summed E-state index contributed by atoms with van der Waals surface area (Å²) in [6.45, 7) is 6.70. The fourth-order valence-corrected chi connectivity index (χ4v) is 1.16. The summed E-state index contributed by atoms with van der Waals surface area (Å²) in [5.41, 5.74) is 0.821. The zero-order valence-corrected chi connectivity index (χ0v) is 10.0. The van der Waals surface area contributed by atoms with Crippen molar-refractivity contribution < 1.29 is 9.32 Å². The van der Waals surface area contributed by atoms with Crippen LogP contribution in [0.25, 0.3) is 0 Å². The van der Waals surface area contributed by atoms with Crippen LogP contribution in [0.15, 0.2) is 10.6 Å². The molecular weight excluding hydrogens is 206 g/mol. The van der Waals surface area contributed by atoms with Crippen molar-refractivity contribution in [2.24, 2.45) is 0 Å². The lowest BCUT2D eigenvalue weighted by Crippen LogP contribution is -2.37. The van der Waals surface area contributed by atoms with Gasteiger partial charge in [0, 0.05) is 12.1 Å². The second kappa shape index (κ2) is 6.27. The highest BCUT2D eigenvalue weighted by Crippen LogP contribution is 2.00. The average molecular weight is 225 g/mol. The summed E-state index contributed by atoms with van der Waals surface area (Å²) >= 11 is 0. The molecule has 5 nitrogen and oxygen atoms in total. The first kappa shape index (κ1) is 12.7. The van der Waals surface area contributed by atoms with Gasteiger partial charge in [-0.2, -0.15) is 0 Å². The van der Waals surface area contributed by atoms with Crippen LogP contribution < -0.4 is 10.6 Å². The molecule has 1 unspecified atom stereocenters. The molecule has 0 aliphatic rings. The zero-order chi connectivity index (χ0) is 12.0. The van der Waals surface area contributed by atoms with Crippen molar-refractivity contribution in [3.63, 3.8) is 0 Å². The molecule has 0 aliphatic heterocycles. The van der Waals surface area contributed by atoms with E-state index in [9.17, 15) is 4.79 Å². The number of rotatable bonds is 6. The van der Waals surface area contributed by atoms with E-state index in [4.69, 9.17) is 4.52 Å². The molecule has 16 heavy (non-hydrogen) atoms. The molecule has 1 amide bonds. The van der Waals surface area contributed by atoms with Gasteiger partial charge in [0.15, 0.2) is 5.76 Å². The van der Waals surface area contributed by atoms with E-state index in [1.807, 2.05) is 19.9 Å². The molecule has 1 aromatic rings. The second-order valence-electron chi connectivity index (χ2n) is 3.90. The largest absolute Gasteiger partial charge is 0.359 e. The Morgan fingerprint density at radius 3 is 2.94 bits per heavy atom. The Morgan fingerprint density at radius 1 is 1.62 bits per heavy atom. The summed E-state index contributed by atoms with van der Waals surface area (Å²) in [7, 11) is 0. The lowest BCUT2D eigenvalue weighted by molar-refractivity contribution is -0.120. The number of aromatic nitrogens is 1. The average Bonchev–Trinajstić information content (AvgIpc) is 2.69. The Morgan fingerprint density at radius 2 is 2.38 bits per heavy atom. The molecule has 5 heteroatoms. The summed E-state index contributed by atoms with van der Waals surface area (Å²) in [5.74, 6) is 0.642. The van der Waals surface area contributed by atoms with Crippen LogP contribution in [0.4, 0.5) is 0 Å². The summed E-state index contributed by atoms with van der Waals surface area (Å²) < 4.78 is 4.98. The molecule has 0 radical (unpaired) electrons. The zero-order valence-electron chi connectivity index (χ0n) is 10.0. The SMILES string of the molecule is CCC(C)NCC(=O)NCc1cc(C)no1. The molecule has 0 saturated heterocycles. The van der Waals surface area contributed by atoms with E-state index in [1.54, 1.807) is 0 Å². The number of nitrogens with one attached hydrogen (secondary N) is 2. The van der Waals surface area contributed by atoms with Crippen molar-refractivity contribution in [2.45, 2.75) is 39.8 Å². The van der Waals surface area contributed by atoms with Crippen molar-refractivity contribution in [3.8, 4) is 0 Å². The molecule has 1 heterocycles. The minimum atomic E-state index is -0.0330. The van der Waals surface area contributed by atoms with Crippen LogP contribution >= 0.6 is 0 Å². The Bertz CT molecular complexity index is 336. The second-order valence-corrected chi connectivity index (χ2v) is 3.90. The highest BCUT2D eigenvalue weighted by Gasteiger charge is 2.05. The molecular formula is C11H19N3O2. The molecule has 2 N–H and O–H groups in total. The van der Waals surface area contributed by atoms with E-state index < -0.39 is 0 Å². The third-order valence-corrected chi connectivity index (χ3v) is 2.36. The Labute approximate surface area is 95.6 Å². The highest BCUT2D eigenvalue weighted by molar-refractivity contribution is 5.77. The normalized spacial score (nSPS) is 12.4. The smallest absolute Gasteiger partial charge is 0.234 e. The molecule has 90 valence electrons. The number of carbonyl (C=O) groups is 1. The maximum Gasteiger partial charge on any atom is 0.234 e. The number of hydrogen-bond donors (Lipinski definition) is 2. The molecule has 1 aromatic heterocycles. The van der Waals surface area contributed by atoms with Crippen LogP contribution in [0.1, 0.15) is 31.7 Å². The van der Waals surface area contributed by atoms with Crippen molar-refractivity contribution in [2.75, 3.05) is 6.54 Å². The van der Waals surface area contributed by atoms with Crippen LogP contribution in [-0.2, 0) is 11.3 Å². The van der Waals surface area contributed by atoms with Gasteiger partial charge in [0.1, 0.15) is 0 Å². The first-order valence-electron chi connectivity index (χ1n) is 5.54. The minimum absolute atomic E-state index is 0.0330. The van der Waals surface area contributed by atoms with Gasteiger partial charge in [-0.1, -0.05) is 12.1 Å². The van der Waals surface area contributed by atoms with Gasteiger partial charge >= 0.3 is 0 Å². The Hall–Kier alpha value is -1.36.